The molecule has 0 N–H and O–H groups in total. The maximum absolute atomic E-state index is 9.40. The lowest BCUT2D eigenvalue weighted by atomic mass is 10.0. The summed E-state index contributed by atoms with van der Waals surface area (Å²) in [4.78, 5) is 5.33. The minimum atomic E-state index is 0.506. The fraction of sp³-hybridized carbons (Fsp3) is 0.312. The molecule has 0 atom stereocenters. The van der Waals surface area contributed by atoms with Gasteiger partial charge in [-0.3, -0.25) is 0 Å². The van der Waals surface area contributed by atoms with Crippen molar-refractivity contribution in [3.05, 3.63) is 40.5 Å². The summed E-state index contributed by atoms with van der Waals surface area (Å²) in [7, 11) is 0. The number of hydrogen-bond donors (Lipinski definition) is 0. The van der Waals surface area contributed by atoms with E-state index < -0.39 is 0 Å². The fourth-order valence-corrected chi connectivity index (χ4v) is 3.16. The summed E-state index contributed by atoms with van der Waals surface area (Å²) in [5, 5.41) is 14.7. The van der Waals surface area contributed by atoms with Gasteiger partial charge in [0.1, 0.15) is 16.8 Å². The molecule has 4 nitrogen and oxygen atoms in total. The number of rotatable bonds is 3. The Morgan fingerprint density at radius 2 is 2.00 bits per heavy atom. The molecule has 3 rings (SSSR count). The summed E-state index contributed by atoms with van der Waals surface area (Å²) in [6.07, 6.45) is 1.06. The van der Waals surface area contributed by atoms with Gasteiger partial charge in [0.05, 0.1) is 0 Å². The number of fused-ring (bicyclic) bond motifs is 1. The van der Waals surface area contributed by atoms with E-state index in [1.54, 1.807) is 4.52 Å². The molecule has 21 heavy (non-hydrogen) atoms. The van der Waals surface area contributed by atoms with E-state index in [0.29, 0.717) is 17.3 Å². The second kappa shape index (κ2) is 5.30. The van der Waals surface area contributed by atoms with Gasteiger partial charge in [0.2, 0.25) is 4.96 Å². The van der Waals surface area contributed by atoms with Crippen LogP contribution in [0.15, 0.2) is 24.3 Å². The molecule has 0 fully saturated rings. The number of aryl methyl sites for hydroxylation is 1. The molecule has 0 amide bonds. The van der Waals surface area contributed by atoms with Crippen molar-refractivity contribution in [1.29, 1.82) is 5.26 Å². The Kier molecular flexibility index (Phi) is 3.48. The van der Waals surface area contributed by atoms with Gasteiger partial charge >= 0.3 is 0 Å². The predicted molar refractivity (Wildman–Crippen MR) is 84.3 cm³/mol. The van der Waals surface area contributed by atoms with Crippen molar-refractivity contribution in [2.24, 2.45) is 5.92 Å². The third kappa shape index (κ3) is 2.55. The molecule has 0 saturated heterocycles. The fourth-order valence-electron chi connectivity index (χ4n) is 2.42. The van der Waals surface area contributed by atoms with Crippen LogP contribution in [-0.4, -0.2) is 14.6 Å². The van der Waals surface area contributed by atoms with Crippen LogP contribution in [0.5, 0.6) is 0 Å². The summed E-state index contributed by atoms with van der Waals surface area (Å²) in [6, 6.07) is 10.5. The van der Waals surface area contributed by atoms with Crippen LogP contribution < -0.4 is 0 Å². The second-order valence-corrected chi connectivity index (χ2v) is 6.69. The Morgan fingerprint density at radius 1 is 1.29 bits per heavy atom. The Labute approximate surface area is 127 Å². The van der Waals surface area contributed by atoms with Crippen LogP contribution >= 0.6 is 11.3 Å². The van der Waals surface area contributed by atoms with E-state index >= 15 is 0 Å². The zero-order chi connectivity index (χ0) is 15.0. The highest BCUT2D eigenvalue weighted by molar-refractivity contribution is 7.16. The highest BCUT2D eigenvalue weighted by atomic mass is 32.1. The van der Waals surface area contributed by atoms with Gasteiger partial charge in [0, 0.05) is 5.56 Å². The normalized spacial score (nSPS) is 11.2. The minimum Gasteiger partial charge on any atom is -0.216 e. The summed E-state index contributed by atoms with van der Waals surface area (Å²) in [5.41, 5.74) is 3.50. The van der Waals surface area contributed by atoms with Crippen LogP contribution in [0.1, 0.15) is 30.1 Å². The lowest BCUT2D eigenvalue weighted by Gasteiger charge is -2.05. The largest absolute Gasteiger partial charge is 0.216 e. The Morgan fingerprint density at radius 3 is 2.62 bits per heavy atom. The number of imidazole rings is 1. The molecule has 0 aliphatic rings. The monoisotopic (exact) mass is 296 g/mol. The van der Waals surface area contributed by atoms with E-state index in [2.05, 4.69) is 42.1 Å². The molecule has 1 aromatic carbocycles. The van der Waals surface area contributed by atoms with E-state index in [1.807, 2.05) is 19.1 Å². The second-order valence-electron chi connectivity index (χ2n) is 5.53. The molecule has 0 saturated carbocycles. The van der Waals surface area contributed by atoms with Crippen molar-refractivity contribution in [2.75, 3.05) is 0 Å². The molecule has 3 aromatic rings. The number of aromatic nitrogens is 3. The lowest BCUT2D eigenvalue weighted by molar-refractivity contribution is 0.647. The van der Waals surface area contributed by atoms with Crippen LogP contribution in [0.3, 0.4) is 0 Å². The van der Waals surface area contributed by atoms with Crippen molar-refractivity contribution in [3.8, 4) is 17.3 Å². The van der Waals surface area contributed by atoms with Crippen molar-refractivity contribution >= 4 is 16.3 Å². The first-order valence-electron chi connectivity index (χ1n) is 6.94. The van der Waals surface area contributed by atoms with Crippen LogP contribution in [0, 0.1) is 24.2 Å². The van der Waals surface area contributed by atoms with Crippen LogP contribution in [0.2, 0.25) is 0 Å². The van der Waals surface area contributed by atoms with Crippen molar-refractivity contribution in [2.45, 2.75) is 27.2 Å². The third-order valence-corrected chi connectivity index (χ3v) is 4.11. The number of hydrogen-bond acceptors (Lipinski definition) is 4. The highest BCUT2D eigenvalue weighted by Gasteiger charge is 2.16. The average molecular weight is 296 g/mol. The Bertz CT molecular complexity index is 818. The highest BCUT2D eigenvalue weighted by Crippen LogP contribution is 2.26. The van der Waals surface area contributed by atoms with Gasteiger partial charge in [-0.2, -0.15) is 14.9 Å². The summed E-state index contributed by atoms with van der Waals surface area (Å²) in [6.45, 7) is 6.33. The van der Waals surface area contributed by atoms with Crippen LogP contribution in [-0.2, 0) is 6.42 Å². The standard InChI is InChI=1S/C16H16N4S/c1-10(2)8-12-4-6-13(7-5-12)15-14(9-17)20-16(18-15)21-11(3)19-20/h4-7,10H,8H2,1-3H3. The van der Waals surface area contributed by atoms with E-state index in [-0.39, 0.29) is 0 Å². The smallest absolute Gasteiger partial charge is 0.213 e. The first-order chi connectivity index (χ1) is 10.1. The summed E-state index contributed by atoms with van der Waals surface area (Å²) in [5.74, 6) is 0.635. The number of benzene rings is 1. The lowest BCUT2D eigenvalue weighted by Crippen LogP contribution is -1.94. The average Bonchev–Trinajstić information content (AvgIpc) is 2.94. The molecule has 0 aliphatic heterocycles. The molecule has 0 spiro atoms. The van der Waals surface area contributed by atoms with Gasteiger partial charge in [-0.1, -0.05) is 49.4 Å². The number of nitrogens with zero attached hydrogens (tertiary/aromatic N) is 4. The first-order valence-corrected chi connectivity index (χ1v) is 7.75. The molecule has 0 unspecified atom stereocenters. The van der Waals surface area contributed by atoms with E-state index in [9.17, 15) is 5.26 Å². The first kappa shape index (κ1) is 13.8. The van der Waals surface area contributed by atoms with Gasteiger partial charge in [-0.15, -0.1) is 0 Å². The summed E-state index contributed by atoms with van der Waals surface area (Å²) < 4.78 is 1.64. The van der Waals surface area contributed by atoms with E-state index in [4.69, 9.17) is 0 Å². The van der Waals surface area contributed by atoms with Crippen molar-refractivity contribution < 1.29 is 0 Å². The molecule has 0 aliphatic carbocycles. The Hall–Kier alpha value is -2.19. The van der Waals surface area contributed by atoms with E-state index in [1.165, 1.54) is 16.9 Å². The van der Waals surface area contributed by atoms with Crippen LogP contribution in [0.4, 0.5) is 0 Å². The van der Waals surface area contributed by atoms with Gasteiger partial charge in [-0.25, -0.2) is 4.98 Å². The van der Waals surface area contributed by atoms with Gasteiger partial charge < -0.3 is 0 Å². The zero-order valence-electron chi connectivity index (χ0n) is 12.3. The number of nitriles is 1. The predicted octanol–water partition coefficient (Wildman–Crippen LogP) is 3.84. The van der Waals surface area contributed by atoms with Gasteiger partial charge in [-0.05, 0) is 24.8 Å². The maximum Gasteiger partial charge on any atom is 0.213 e. The molecule has 5 heteroatoms. The van der Waals surface area contributed by atoms with E-state index in [0.717, 1.165) is 22.0 Å². The van der Waals surface area contributed by atoms with Gasteiger partial charge in [0.25, 0.3) is 0 Å². The van der Waals surface area contributed by atoms with Crippen molar-refractivity contribution in [3.63, 3.8) is 0 Å². The molecule has 0 bridgehead atoms. The quantitative estimate of drug-likeness (QED) is 0.738. The van der Waals surface area contributed by atoms with Crippen molar-refractivity contribution in [1.82, 2.24) is 14.6 Å². The minimum absolute atomic E-state index is 0.506. The molecular formula is C16H16N4S. The molecule has 106 valence electrons. The maximum atomic E-state index is 9.40. The molecular weight excluding hydrogens is 280 g/mol. The van der Waals surface area contributed by atoms with Gasteiger partial charge in [0.15, 0.2) is 5.69 Å². The zero-order valence-corrected chi connectivity index (χ0v) is 13.1. The molecule has 0 radical (unpaired) electrons. The van der Waals surface area contributed by atoms with Crippen LogP contribution in [0.25, 0.3) is 16.2 Å². The Balaban J connectivity index is 2.04. The molecule has 2 heterocycles. The topological polar surface area (TPSA) is 54.0 Å². The third-order valence-electron chi connectivity index (χ3n) is 3.28. The molecule has 2 aromatic heterocycles. The SMILES string of the molecule is Cc1nn2c(C#N)c(-c3ccc(CC(C)C)cc3)nc2s1. The summed E-state index contributed by atoms with van der Waals surface area (Å²) >= 11 is 1.50.